The lowest BCUT2D eigenvalue weighted by atomic mass is 9.65. The molecule has 2 fully saturated rings. The fraction of sp³-hybridized carbons (Fsp3) is 0.696. The lowest BCUT2D eigenvalue weighted by Gasteiger charge is -2.39. The average Bonchev–Trinajstić information content (AvgIpc) is 2.86. The zero-order chi connectivity index (χ0) is 20.5. The molecule has 1 heterocycles. The Morgan fingerprint density at radius 1 is 1.00 bits per heavy atom. The predicted octanol–water partition coefficient (Wildman–Crippen LogP) is 4.92. The van der Waals surface area contributed by atoms with Gasteiger partial charge in [-0.15, -0.1) is 0 Å². The van der Waals surface area contributed by atoms with Crippen LogP contribution in [0.5, 0.6) is 17.2 Å². The van der Waals surface area contributed by atoms with Gasteiger partial charge in [-0.3, -0.25) is 4.79 Å². The summed E-state index contributed by atoms with van der Waals surface area (Å²) in [5.74, 6) is 1.80. The molecule has 1 saturated heterocycles. The van der Waals surface area contributed by atoms with E-state index in [-0.39, 0.29) is 16.7 Å². The maximum atomic E-state index is 13.5. The van der Waals surface area contributed by atoms with Gasteiger partial charge in [0.15, 0.2) is 11.5 Å². The van der Waals surface area contributed by atoms with Crippen LogP contribution in [0, 0.1) is 10.8 Å². The zero-order valence-corrected chi connectivity index (χ0v) is 18.3. The van der Waals surface area contributed by atoms with Crippen molar-refractivity contribution in [3.05, 3.63) is 17.7 Å². The largest absolute Gasteiger partial charge is 0.490 e. The standard InChI is InChI=1S/C23H35NO4/c1-7-26-18-10-16(11-19(27-8-2)20(18)28-9-3)21(25)24-15-23(6)13-17(24)12-22(4,5)14-23/h10-11,17H,7-9,12-15H2,1-6H3/t17-,23-/m0/s1. The number of carbonyl (C=O) groups excluding carboxylic acids is 1. The Balaban J connectivity index is 1.95. The molecule has 156 valence electrons. The summed E-state index contributed by atoms with van der Waals surface area (Å²) in [5.41, 5.74) is 1.10. The van der Waals surface area contributed by atoms with Crippen LogP contribution in [0.25, 0.3) is 0 Å². The summed E-state index contributed by atoms with van der Waals surface area (Å²) >= 11 is 0. The Kier molecular flexibility index (Phi) is 5.83. The van der Waals surface area contributed by atoms with E-state index in [1.54, 1.807) is 0 Å². The van der Waals surface area contributed by atoms with E-state index < -0.39 is 0 Å². The summed E-state index contributed by atoms with van der Waals surface area (Å²) in [6, 6.07) is 3.93. The van der Waals surface area contributed by atoms with Crippen LogP contribution in [0.3, 0.4) is 0 Å². The quantitative estimate of drug-likeness (QED) is 0.664. The van der Waals surface area contributed by atoms with Crippen molar-refractivity contribution >= 4 is 5.91 Å². The molecule has 0 spiro atoms. The number of rotatable bonds is 7. The number of benzene rings is 1. The summed E-state index contributed by atoms with van der Waals surface area (Å²) in [5, 5.41) is 0. The number of nitrogens with zero attached hydrogens (tertiary/aromatic N) is 1. The number of fused-ring (bicyclic) bond motifs is 2. The van der Waals surface area contributed by atoms with Crippen molar-refractivity contribution in [2.24, 2.45) is 10.8 Å². The predicted molar refractivity (Wildman–Crippen MR) is 111 cm³/mol. The van der Waals surface area contributed by atoms with Crippen molar-refractivity contribution in [1.82, 2.24) is 4.90 Å². The van der Waals surface area contributed by atoms with Crippen LogP contribution in [0.15, 0.2) is 12.1 Å². The van der Waals surface area contributed by atoms with Crippen molar-refractivity contribution in [2.45, 2.75) is 66.8 Å². The van der Waals surface area contributed by atoms with Crippen LogP contribution in [-0.2, 0) is 0 Å². The van der Waals surface area contributed by atoms with Gasteiger partial charge in [0.1, 0.15) is 0 Å². The lowest BCUT2D eigenvalue weighted by molar-refractivity contribution is 0.0707. The molecule has 2 bridgehead atoms. The van der Waals surface area contributed by atoms with Crippen molar-refractivity contribution in [2.75, 3.05) is 26.4 Å². The molecule has 5 nitrogen and oxygen atoms in total. The summed E-state index contributed by atoms with van der Waals surface area (Å²) in [6.45, 7) is 15.1. The summed E-state index contributed by atoms with van der Waals surface area (Å²) in [7, 11) is 0. The third-order valence-electron chi connectivity index (χ3n) is 5.83. The summed E-state index contributed by atoms with van der Waals surface area (Å²) in [4.78, 5) is 15.6. The third-order valence-corrected chi connectivity index (χ3v) is 5.83. The van der Waals surface area contributed by atoms with E-state index in [1.165, 1.54) is 0 Å². The normalized spacial score (nSPS) is 25.5. The Labute approximate surface area is 169 Å². The minimum atomic E-state index is 0.0661. The zero-order valence-electron chi connectivity index (χ0n) is 18.3. The van der Waals surface area contributed by atoms with Gasteiger partial charge in [-0.25, -0.2) is 0 Å². The monoisotopic (exact) mass is 389 g/mol. The van der Waals surface area contributed by atoms with E-state index in [0.717, 1.165) is 25.8 Å². The highest BCUT2D eigenvalue weighted by molar-refractivity contribution is 5.96. The maximum Gasteiger partial charge on any atom is 0.254 e. The van der Waals surface area contributed by atoms with Crippen molar-refractivity contribution < 1.29 is 19.0 Å². The SMILES string of the molecule is CCOc1cc(C(=O)N2C[C@@]3(C)C[C@@H]2CC(C)(C)C3)cc(OCC)c1OCC. The summed E-state index contributed by atoms with van der Waals surface area (Å²) in [6.07, 6.45) is 3.32. The molecule has 0 unspecified atom stereocenters. The average molecular weight is 390 g/mol. The molecule has 5 heteroatoms. The molecule has 1 amide bonds. The summed E-state index contributed by atoms with van der Waals surface area (Å²) < 4.78 is 17.4. The second-order valence-electron chi connectivity index (χ2n) is 9.25. The van der Waals surface area contributed by atoms with E-state index in [0.29, 0.717) is 48.7 Å². The highest BCUT2D eigenvalue weighted by atomic mass is 16.5. The van der Waals surface area contributed by atoms with Gasteiger partial charge in [0.25, 0.3) is 5.91 Å². The van der Waals surface area contributed by atoms with Gasteiger partial charge in [-0.1, -0.05) is 20.8 Å². The van der Waals surface area contributed by atoms with Gasteiger partial charge in [0.2, 0.25) is 5.75 Å². The molecule has 1 aliphatic heterocycles. The lowest BCUT2D eigenvalue weighted by Crippen LogP contribution is -2.37. The number of hydrogen-bond donors (Lipinski definition) is 0. The Hall–Kier alpha value is -1.91. The molecule has 1 aromatic rings. The van der Waals surface area contributed by atoms with Gasteiger partial charge < -0.3 is 19.1 Å². The molecule has 0 radical (unpaired) electrons. The molecule has 1 saturated carbocycles. The van der Waals surface area contributed by atoms with E-state index >= 15 is 0 Å². The van der Waals surface area contributed by atoms with Crippen molar-refractivity contribution in [3.63, 3.8) is 0 Å². The Bertz CT molecular complexity index is 702. The fourth-order valence-electron chi connectivity index (χ4n) is 5.38. The smallest absolute Gasteiger partial charge is 0.254 e. The van der Waals surface area contributed by atoms with E-state index in [9.17, 15) is 4.79 Å². The first-order valence-electron chi connectivity index (χ1n) is 10.6. The maximum absolute atomic E-state index is 13.5. The minimum Gasteiger partial charge on any atom is -0.490 e. The topological polar surface area (TPSA) is 48.0 Å². The van der Waals surface area contributed by atoms with Crippen LogP contribution in [0.2, 0.25) is 0 Å². The van der Waals surface area contributed by atoms with E-state index in [2.05, 4.69) is 25.7 Å². The first-order valence-corrected chi connectivity index (χ1v) is 10.6. The highest BCUT2D eigenvalue weighted by Crippen LogP contribution is 2.53. The third kappa shape index (κ3) is 4.08. The van der Waals surface area contributed by atoms with Crippen molar-refractivity contribution in [3.8, 4) is 17.2 Å². The second kappa shape index (κ2) is 7.84. The molecular weight excluding hydrogens is 354 g/mol. The fourth-order valence-corrected chi connectivity index (χ4v) is 5.38. The van der Waals surface area contributed by atoms with Crippen LogP contribution < -0.4 is 14.2 Å². The number of amides is 1. The molecule has 1 aliphatic carbocycles. The molecule has 28 heavy (non-hydrogen) atoms. The first kappa shape index (κ1) is 20.8. The van der Waals surface area contributed by atoms with Gasteiger partial charge in [-0.05, 0) is 63.0 Å². The molecule has 0 N–H and O–H groups in total. The van der Waals surface area contributed by atoms with Gasteiger partial charge in [0, 0.05) is 18.2 Å². The van der Waals surface area contributed by atoms with Gasteiger partial charge in [0.05, 0.1) is 19.8 Å². The minimum absolute atomic E-state index is 0.0661. The van der Waals surface area contributed by atoms with E-state index in [1.807, 2.05) is 32.9 Å². The van der Waals surface area contributed by atoms with Gasteiger partial charge in [-0.2, -0.15) is 0 Å². The second-order valence-corrected chi connectivity index (χ2v) is 9.25. The van der Waals surface area contributed by atoms with Crippen molar-refractivity contribution in [1.29, 1.82) is 0 Å². The molecule has 1 aromatic carbocycles. The van der Waals surface area contributed by atoms with Gasteiger partial charge >= 0.3 is 0 Å². The van der Waals surface area contributed by atoms with E-state index in [4.69, 9.17) is 14.2 Å². The molecule has 3 rings (SSSR count). The molecule has 2 atom stereocenters. The highest BCUT2D eigenvalue weighted by Gasteiger charge is 2.51. The number of ether oxygens (including phenoxy) is 3. The Morgan fingerprint density at radius 3 is 2.11 bits per heavy atom. The Morgan fingerprint density at radius 2 is 1.57 bits per heavy atom. The molecule has 0 aromatic heterocycles. The van der Waals surface area contributed by atoms with Crippen LogP contribution in [0.1, 0.15) is 71.2 Å². The van der Waals surface area contributed by atoms with Crippen LogP contribution in [0.4, 0.5) is 0 Å². The molecular formula is C23H35NO4. The number of likely N-dealkylation sites (tertiary alicyclic amines) is 1. The first-order chi connectivity index (χ1) is 13.2. The van der Waals surface area contributed by atoms with Crippen LogP contribution >= 0.6 is 0 Å². The number of carbonyl (C=O) groups is 1. The molecule has 2 aliphatic rings. The van der Waals surface area contributed by atoms with Crippen LogP contribution in [-0.4, -0.2) is 43.2 Å². The number of hydrogen-bond acceptors (Lipinski definition) is 4.